The number of rotatable bonds is 7. The summed E-state index contributed by atoms with van der Waals surface area (Å²) in [5.74, 6) is 0.0821. The number of halogens is 1. The van der Waals surface area contributed by atoms with Crippen LogP contribution in [-0.4, -0.2) is 24.0 Å². The van der Waals surface area contributed by atoms with Gasteiger partial charge >= 0.3 is 0 Å². The molecule has 0 aromatic heterocycles. The second-order valence-corrected chi connectivity index (χ2v) is 8.12. The van der Waals surface area contributed by atoms with E-state index < -0.39 is 0 Å². The second-order valence-electron chi connectivity index (χ2n) is 7.69. The zero-order chi connectivity index (χ0) is 22.2. The van der Waals surface area contributed by atoms with Crippen molar-refractivity contribution in [3.8, 4) is 6.07 Å². The molecule has 0 aliphatic heterocycles. The van der Waals surface area contributed by atoms with Crippen molar-refractivity contribution in [2.24, 2.45) is 10.1 Å². The van der Waals surface area contributed by atoms with Crippen LogP contribution in [0.2, 0.25) is 5.02 Å². The molecule has 0 spiro atoms. The van der Waals surface area contributed by atoms with Crippen molar-refractivity contribution in [3.05, 3.63) is 70.2 Å². The predicted molar refractivity (Wildman–Crippen MR) is 120 cm³/mol. The van der Waals surface area contributed by atoms with Crippen molar-refractivity contribution in [1.82, 2.24) is 10.6 Å². The molecule has 2 aromatic rings. The Morgan fingerprint density at radius 1 is 1.29 bits per heavy atom. The van der Waals surface area contributed by atoms with E-state index >= 15 is 0 Å². The minimum Gasteiger partial charge on any atom is -0.353 e. The Morgan fingerprint density at radius 2 is 2.03 bits per heavy atom. The Bertz CT molecular complexity index is 994. The molecule has 1 saturated carbocycles. The number of amides is 1. The lowest BCUT2D eigenvalue weighted by Gasteiger charge is -2.25. The van der Waals surface area contributed by atoms with Crippen molar-refractivity contribution in [2.75, 3.05) is 0 Å². The molecule has 2 atom stereocenters. The van der Waals surface area contributed by atoms with E-state index in [1.807, 2.05) is 25.1 Å². The molecule has 3 N–H and O–H groups in total. The quantitative estimate of drug-likeness (QED) is 0.322. The standard InChI is InChI=1S/C23H25ClN6O/c1-15(12-21(30-26)17-8-10-19(24)11-9-17)27-23(28-20-6-3-7-20)29-22(31)18-5-2-4-16(13-18)14-25/h2,4-5,8-11,13,15,20-21,26H,3,6-7,12H2,1H3,(H2,27,28,29,31). The lowest BCUT2D eigenvalue weighted by atomic mass is 9.94. The fourth-order valence-corrected chi connectivity index (χ4v) is 3.42. The van der Waals surface area contributed by atoms with E-state index in [0.717, 1.165) is 24.8 Å². The topological polar surface area (TPSA) is 113 Å². The van der Waals surface area contributed by atoms with Crippen molar-refractivity contribution in [2.45, 2.75) is 50.7 Å². The van der Waals surface area contributed by atoms with Gasteiger partial charge in [0.15, 0.2) is 5.96 Å². The Hall–Kier alpha value is -3.24. The fourth-order valence-electron chi connectivity index (χ4n) is 3.29. The third kappa shape index (κ3) is 6.37. The highest BCUT2D eigenvalue weighted by Gasteiger charge is 2.21. The highest BCUT2D eigenvalue weighted by atomic mass is 35.5. The lowest BCUT2D eigenvalue weighted by Crippen LogP contribution is -2.46. The van der Waals surface area contributed by atoms with Gasteiger partial charge in [0.1, 0.15) is 0 Å². The third-order valence-corrected chi connectivity index (χ3v) is 5.49. The summed E-state index contributed by atoms with van der Waals surface area (Å²) in [6, 6.07) is 15.7. The van der Waals surface area contributed by atoms with Gasteiger partial charge in [-0.15, -0.1) is 0 Å². The molecule has 7 nitrogen and oxygen atoms in total. The third-order valence-electron chi connectivity index (χ3n) is 5.24. The average molecular weight is 437 g/mol. The van der Waals surface area contributed by atoms with Gasteiger partial charge in [0.25, 0.3) is 5.91 Å². The van der Waals surface area contributed by atoms with Gasteiger partial charge in [-0.1, -0.05) is 29.8 Å². The van der Waals surface area contributed by atoms with Gasteiger partial charge in [-0.2, -0.15) is 10.4 Å². The van der Waals surface area contributed by atoms with Crippen molar-refractivity contribution in [1.29, 1.82) is 10.8 Å². The van der Waals surface area contributed by atoms with E-state index in [-0.39, 0.29) is 24.0 Å². The maximum atomic E-state index is 12.7. The zero-order valence-electron chi connectivity index (χ0n) is 17.3. The van der Waals surface area contributed by atoms with Crippen LogP contribution in [-0.2, 0) is 0 Å². The van der Waals surface area contributed by atoms with E-state index in [1.54, 1.807) is 36.4 Å². The number of hydrogen-bond donors (Lipinski definition) is 3. The minimum atomic E-state index is -0.326. The molecule has 0 saturated heterocycles. The minimum absolute atomic E-state index is 0.0978. The average Bonchev–Trinajstić information content (AvgIpc) is 2.75. The molecule has 2 aromatic carbocycles. The van der Waals surface area contributed by atoms with E-state index in [4.69, 9.17) is 22.4 Å². The molecule has 2 unspecified atom stereocenters. The number of nitrogens with one attached hydrogen (secondary N) is 3. The number of carbonyl (C=O) groups excluding carboxylic acids is 1. The van der Waals surface area contributed by atoms with Crippen LogP contribution in [0.25, 0.3) is 0 Å². The summed E-state index contributed by atoms with van der Waals surface area (Å²) in [5, 5.41) is 19.6. The van der Waals surface area contributed by atoms with E-state index in [9.17, 15) is 4.79 Å². The van der Waals surface area contributed by atoms with Crippen LogP contribution in [0.1, 0.15) is 60.1 Å². The lowest BCUT2D eigenvalue weighted by molar-refractivity contribution is 0.0975. The fraction of sp³-hybridized carbons (Fsp3) is 0.348. The Labute approximate surface area is 187 Å². The van der Waals surface area contributed by atoms with Crippen LogP contribution >= 0.6 is 11.6 Å². The Kier molecular flexibility index (Phi) is 7.74. The first-order chi connectivity index (χ1) is 15.0. The van der Waals surface area contributed by atoms with Crippen LogP contribution in [0.5, 0.6) is 0 Å². The summed E-state index contributed by atoms with van der Waals surface area (Å²) in [6.07, 6.45) is 3.67. The molecule has 1 aliphatic carbocycles. The van der Waals surface area contributed by atoms with Crippen LogP contribution in [0, 0.1) is 16.9 Å². The number of nitriles is 1. The molecule has 1 aliphatic rings. The van der Waals surface area contributed by atoms with Crippen molar-refractivity contribution >= 4 is 23.5 Å². The van der Waals surface area contributed by atoms with E-state index in [0.29, 0.717) is 28.5 Å². The molecule has 1 fully saturated rings. The number of hydrogen-bond acceptors (Lipinski definition) is 5. The SMILES string of the molecule is CC(CC(N=N)c1ccc(Cl)cc1)NC(=NC1CCC1)NC(=O)c1cccc(C#N)c1. The molecular formula is C23H25ClN6O. The first-order valence-corrected chi connectivity index (χ1v) is 10.6. The monoisotopic (exact) mass is 436 g/mol. The molecule has 1 amide bonds. The smallest absolute Gasteiger partial charge is 0.257 e. The number of benzene rings is 2. The number of aliphatic imine (C=N–C) groups is 1. The first-order valence-electron chi connectivity index (χ1n) is 10.3. The van der Waals surface area contributed by atoms with Gasteiger partial charge in [0.05, 0.1) is 23.7 Å². The molecule has 8 heteroatoms. The molecular weight excluding hydrogens is 412 g/mol. The van der Waals surface area contributed by atoms with E-state index in [2.05, 4.69) is 20.7 Å². The maximum absolute atomic E-state index is 12.7. The van der Waals surface area contributed by atoms with Gasteiger partial charge in [-0.05, 0) is 68.5 Å². The normalized spacial score (nSPS) is 15.8. The summed E-state index contributed by atoms with van der Waals surface area (Å²) < 4.78 is 0. The largest absolute Gasteiger partial charge is 0.353 e. The second kappa shape index (κ2) is 10.7. The zero-order valence-corrected chi connectivity index (χ0v) is 18.1. The van der Waals surface area contributed by atoms with Gasteiger partial charge < -0.3 is 5.32 Å². The molecule has 3 rings (SSSR count). The summed E-state index contributed by atoms with van der Waals surface area (Å²) in [5.41, 5.74) is 9.31. The van der Waals surface area contributed by atoms with Gasteiger partial charge in [0, 0.05) is 16.6 Å². The van der Waals surface area contributed by atoms with Crippen LogP contribution in [0.3, 0.4) is 0 Å². The van der Waals surface area contributed by atoms with Crippen LogP contribution in [0.15, 0.2) is 58.6 Å². The van der Waals surface area contributed by atoms with E-state index in [1.165, 1.54) is 0 Å². The highest BCUT2D eigenvalue weighted by Crippen LogP contribution is 2.25. The Morgan fingerprint density at radius 3 is 2.65 bits per heavy atom. The number of nitrogens with zero attached hydrogens (tertiary/aromatic N) is 3. The summed E-state index contributed by atoms with van der Waals surface area (Å²) >= 11 is 5.96. The van der Waals surface area contributed by atoms with Crippen LogP contribution < -0.4 is 10.6 Å². The molecule has 0 heterocycles. The van der Waals surface area contributed by atoms with Crippen molar-refractivity contribution in [3.63, 3.8) is 0 Å². The van der Waals surface area contributed by atoms with Gasteiger partial charge in [0.2, 0.25) is 0 Å². The summed E-state index contributed by atoms with van der Waals surface area (Å²) in [7, 11) is 0. The number of carbonyl (C=O) groups is 1. The molecule has 0 bridgehead atoms. The molecule has 0 radical (unpaired) electrons. The van der Waals surface area contributed by atoms with Crippen molar-refractivity contribution < 1.29 is 4.79 Å². The molecule has 31 heavy (non-hydrogen) atoms. The predicted octanol–water partition coefficient (Wildman–Crippen LogP) is 4.99. The summed E-state index contributed by atoms with van der Waals surface area (Å²) in [4.78, 5) is 17.4. The number of guanidine groups is 1. The van der Waals surface area contributed by atoms with Gasteiger partial charge in [-0.3, -0.25) is 10.1 Å². The van der Waals surface area contributed by atoms with Gasteiger partial charge in [-0.25, -0.2) is 10.5 Å². The first kappa shape index (κ1) is 22.4. The molecule has 160 valence electrons. The highest BCUT2D eigenvalue weighted by molar-refractivity contribution is 6.30. The maximum Gasteiger partial charge on any atom is 0.257 e. The van der Waals surface area contributed by atoms with Crippen LogP contribution in [0.4, 0.5) is 0 Å². The Balaban J connectivity index is 1.69. The summed E-state index contributed by atoms with van der Waals surface area (Å²) in [6.45, 7) is 1.97.